The molecule has 28 heavy (non-hydrogen) atoms. The normalized spacial score (nSPS) is 24.6. The summed E-state index contributed by atoms with van der Waals surface area (Å²) >= 11 is 0. The smallest absolute Gasteiger partial charge is 0.267 e. The fourth-order valence-electron chi connectivity index (χ4n) is 4.31. The Kier molecular flexibility index (Phi) is 5.19. The molecule has 1 aliphatic carbocycles. The van der Waals surface area contributed by atoms with E-state index in [9.17, 15) is 14.9 Å². The second-order valence-corrected chi connectivity index (χ2v) is 7.55. The zero-order valence-electron chi connectivity index (χ0n) is 15.6. The third-order valence-electron chi connectivity index (χ3n) is 5.86. The van der Waals surface area contributed by atoms with Crippen molar-refractivity contribution in [3.63, 3.8) is 0 Å². The summed E-state index contributed by atoms with van der Waals surface area (Å²) in [5.74, 6) is 0.127. The van der Waals surface area contributed by atoms with Crippen LogP contribution in [0.1, 0.15) is 48.0 Å². The molecule has 0 N–H and O–H groups in total. The minimum Gasteiger partial charge on any atom is -0.267 e. The van der Waals surface area contributed by atoms with Crippen LogP contribution in [0.2, 0.25) is 0 Å². The van der Waals surface area contributed by atoms with Crippen LogP contribution in [0.15, 0.2) is 65.8 Å². The number of hydrogen-bond donors (Lipinski definition) is 0. The van der Waals surface area contributed by atoms with Crippen LogP contribution < -0.4 is 0 Å². The van der Waals surface area contributed by atoms with E-state index in [2.05, 4.69) is 0 Å². The lowest BCUT2D eigenvalue weighted by atomic mass is 9.80. The first-order chi connectivity index (χ1) is 13.6. The maximum absolute atomic E-state index is 13.2. The third kappa shape index (κ3) is 3.67. The molecule has 1 heterocycles. The SMILES string of the molecule is O=C(c1ccccc1)N1N=C(c2ccccc2)CC1C1CCC([N+](=O)[O-])CC1. The number of nitro groups is 1. The van der Waals surface area contributed by atoms with E-state index < -0.39 is 6.04 Å². The monoisotopic (exact) mass is 377 g/mol. The van der Waals surface area contributed by atoms with Crippen LogP contribution in [-0.4, -0.2) is 33.6 Å². The summed E-state index contributed by atoms with van der Waals surface area (Å²) in [5.41, 5.74) is 2.55. The lowest BCUT2D eigenvalue weighted by molar-refractivity contribution is -0.527. The second kappa shape index (κ2) is 7.92. The molecule has 144 valence electrons. The molecule has 1 aliphatic heterocycles. The van der Waals surface area contributed by atoms with Crippen LogP contribution in [0.4, 0.5) is 0 Å². The average molecular weight is 377 g/mol. The lowest BCUT2D eigenvalue weighted by Crippen LogP contribution is -2.41. The molecule has 6 heteroatoms. The van der Waals surface area contributed by atoms with Crippen LogP contribution in [0.25, 0.3) is 0 Å². The Hall–Kier alpha value is -3.02. The van der Waals surface area contributed by atoms with Crippen LogP contribution in [0, 0.1) is 16.0 Å². The molecule has 4 rings (SSSR count). The maximum Gasteiger partial charge on any atom is 0.274 e. The predicted octanol–water partition coefficient (Wildman–Crippen LogP) is 4.14. The fourth-order valence-corrected chi connectivity index (χ4v) is 4.31. The summed E-state index contributed by atoms with van der Waals surface area (Å²) in [5, 5.41) is 17.4. The van der Waals surface area contributed by atoms with Crippen molar-refractivity contribution in [1.82, 2.24) is 5.01 Å². The molecule has 1 unspecified atom stereocenters. The molecular formula is C22H23N3O3. The largest absolute Gasteiger partial charge is 0.274 e. The highest BCUT2D eigenvalue weighted by Gasteiger charge is 2.40. The van der Waals surface area contributed by atoms with E-state index in [0.29, 0.717) is 24.8 Å². The van der Waals surface area contributed by atoms with Crippen LogP contribution in [0.3, 0.4) is 0 Å². The number of carbonyl (C=O) groups excluding carboxylic acids is 1. The minimum absolute atomic E-state index is 0.0457. The van der Waals surface area contributed by atoms with E-state index in [1.807, 2.05) is 48.5 Å². The van der Waals surface area contributed by atoms with Gasteiger partial charge in [0, 0.05) is 29.7 Å². The van der Waals surface area contributed by atoms with Crippen molar-refractivity contribution in [3.05, 3.63) is 81.9 Å². The molecule has 0 aromatic heterocycles. The first-order valence-electron chi connectivity index (χ1n) is 9.78. The number of nitrogens with zero attached hydrogens (tertiary/aromatic N) is 3. The molecule has 2 aromatic carbocycles. The van der Waals surface area contributed by atoms with E-state index >= 15 is 0 Å². The molecule has 0 radical (unpaired) electrons. The minimum atomic E-state index is -0.453. The van der Waals surface area contributed by atoms with Crippen molar-refractivity contribution in [2.75, 3.05) is 0 Å². The highest BCUT2D eigenvalue weighted by atomic mass is 16.6. The lowest BCUT2D eigenvalue weighted by Gasteiger charge is -2.32. The third-order valence-corrected chi connectivity index (χ3v) is 5.86. The average Bonchev–Trinajstić information content (AvgIpc) is 3.20. The first-order valence-corrected chi connectivity index (χ1v) is 9.78. The molecule has 1 fully saturated rings. The summed E-state index contributed by atoms with van der Waals surface area (Å²) in [6.07, 6.45) is 3.35. The van der Waals surface area contributed by atoms with Crippen molar-refractivity contribution in [2.24, 2.45) is 11.0 Å². The van der Waals surface area contributed by atoms with Crippen LogP contribution in [-0.2, 0) is 0 Å². The maximum atomic E-state index is 13.2. The molecule has 1 saturated carbocycles. The zero-order chi connectivity index (χ0) is 19.5. The van der Waals surface area contributed by atoms with Gasteiger partial charge in [-0.05, 0) is 36.5 Å². The van der Waals surface area contributed by atoms with E-state index in [0.717, 1.165) is 24.1 Å². The Bertz CT molecular complexity index is 874. The highest BCUT2D eigenvalue weighted by Crippen LogP contribution is 2.36. The van der Waals surface area contributed by atoms with Crippen molar-refractivity contribution in [2.45, 2.75) is 44.2 Å². The van der Waals surface area contributed by atoms with Crippen LogP contribution in [0.5, 0.6) is 0 Å². The topological polar surface area (TPSA) is 75.8 Å². The Morgan fingerprint density at radius 3 is 2.18 bits per heavy atom. The fraction of sp³-hybridized carbons (Fsp3) is 0.364. The standard InChI is InChI=1S/C22H23N3O3/c26-22(18-9-5-2-6-10-18)24-21(17-11-13-19(14-12-17)25(27)28)15-20(23-24)16-7-3-1-4-8-16/h1-10,17,19,21H,11-15H2. The van der Waals surface area contributed by atoms with Gasteiger partial charge in [0.05, 0.1) is 11.8 Å². The molecule has 0 bridgehead atoms. The summed E-state index contributed by atoms with van der Waals surface area (Å²) in [6, 6.07) is 18.6. The quantitative estimate of drug-likeness (QED) is 0.593. The van der Waals surface area contributed by atoms with Gasteiger partial charge in [0.25, 0.3) is 5.91 Å². The number of hydrogen-bond acceptors (Lipinski definition) is 4. The van der Waals surface area contributed by atoms with Gasteiger partial charge >= 0.3 is 0 Å². The Morgan fingerprint density at radius 2 is 1.57 bits per heavy atom. The molecule has 2 aliphatic rings. The van der Waals surface area contributed by atoms with E-state index in [4.69, 9.17) is 5.10 Å². The van der Waals surface area contributed by atoms with Crippen molar-refractivity contribution >= 4 is 11.6 Å². The summed E-state index contributed by atoms with van der Waals surface area (Å²) in [6.45, 7) is 0. The zero-order valence-corrected chi connectivity index (χ0v) is 15.6. The molecule has 1 amide bonds. The van der Waals surface area contributed by atoms with E-state index in [1.54, 1.807) is 17.1 Å². The molecular weight excluding hydrogens is 354 g/mol. The van der Waals surface area contributed by atoms with Crippen molar-refractivity contribution in [1.29, 1.82) is 0 Å². The summed E-state index contributed by atoms with van der Waals surface area (Å²) in [7, 11) is 0. The van der Waals surface area contributed by atoms with Gasteiger partial charge in [-0.2, -0.15) is 5.10 Å². The number of benzene rings is 2. The van der Waals surface area contributed by atoms with Gasteiger partial charge in [-0.1, -0.05) is 48.5 Å². The first kappa shape index (κ1) is 18.3. The van der Waals surface area contributed by atoms with Gasteiger partial charge < -0.3 is 0 Å². The van der Waals surface area contributed by atoms with Gasteiger partial charge in [-0.25, -0.2) is 5.01 Å². The Balaban J connectivity index is 1.59. The van der Waals surface area contributed by atoms with Gasteiger partial charge in [0.15, 0.2) is 0 Å². The molecule has 0 spiro atoms. The highest BCUT2D eigenvalue weighted by molar-refractivity contribution is 6.04. The van der Waals surface area contributed by atoms with Gasteiger partial charge in [0.2, 0.25) is 6.04 Å². The number of rotatable bonds is 4. The summed E-state index contributed by atoms with van der Waals surface area (Å²) < 4.78 is 0. The second-order valence-electron chi connectivity index (χ2n) is 7.55. The Labute approximate surface area is 164 Å². The number of carbonyl (C=O) groups is 1. The number of amides is 1. The predicted molar refractivity (Wildman–Crippen MR) is 107 cm³/mol. The summed E-state index contributed by atoms with van der Waals surface area (Å²) in [4.78, 5) is 24.1. The van der Waals surface area contributed by atoms with E-state index in [1.165, 1.54) is 0 Å². The van der Waals surface area contributed by atoms with Gasteiger partial charge in [-0.15, -0.1) is 0 Å². The Morgan fingerprint density at radius 1 is 0.964 bits per heavy atom. The molecule has 6 nitrogen and oxygen atoms in total. The van der Waals surface area contributed by atoms with Crippen LogP contribution >= 0.6 is 0 Å². The van der Waals surface area contributed by atoms with Gasteiger partial charge in [0.1, 0.15) is 0 Å². The van der Waals surface area contributed by atoms with E-state index in [-0.39, 0.29) is 22.8 Å². The van der Waals surface area contributed by atoms with Crippen molar-refractivity contribution in [3.8, 4) is 0 Å². The molecule has 0 saturated heterocycles. The van der Waals surface area contributed by atoms with Crippen molar-refractivity contribution < 1.29 is 9.72 Å². The molecule has 1 atom stereocenters. The molecule has 2 aromatic rings. The van der Waals surface area contributed by atoms with Gasteiger partial charge in [-0.3, -0.25) is 14.9 Å². The number of hydrazone groups is 1.